The van der Waals surface area contributed by atoms with Gasteiger partial charge in [0.2, 0.25) is 11.9 Å². The highest BCUT2D eigenvalue weighted by atomic mass is 19.4. The van der Waals surface area contributed by atoms with Crippen LogP contribution in [-0.4, -0.2) is 96.5 Å². The van der Waals surface area contributed by atoms with E-state index in [0.717, 1.165) is 32.1 Å². The molecule has 2 aliphatic heterocycles. The molecule has 0 bridgehead atoms. The van der Waals surface area contributed by atoms with Crippen LogP contribution in [0.4, 0.5) is 30.6 Å². The molecule has 2 N–H and O–H groups in total. The number of carbonyl (C=O) groups is 2. The maximum Gasteiger partial charge on any atom is 0.421 e. The van der Waals surface area contributed by atoms with Crippen molar-refractivity contribution in [2.24, 2.45) is 0 Å². The Hall–Kier alpha value is -3.61. The monoisotopic (exact) mass is 549 g/mol. The van der Waals surface area contributed by atoms with Crippen LogP contribution in [0.1, 0.15) is 41.6 Å². The van der Waals surface area contributed by atoms with Crippen molar-refractivity contribution in [3.63, 3.8) is 0 Å². The molecule has 13 heteroatoms. The number of aromatic nitrogens is 2. The lowest BCUT2D eigenvalue weighted by Gasteiger charge is -2.32. The molecule has 0 unspecified atom stereocenters. The molecule has 3 heterocycles. The molecular weight excluding hydrogens is 515 g/mol. The van der Waals surface area contributed by atoms with Gasteiger partial charge in [0.1, 0.15) is 17.1 Å². The zero-order valence-corrected chi connectivity index (χ0v) is 22.2. The van der Waals surface area contributed by atoms with Gasteiger partial charge in [-0.25, -0.2) is 4.98 Å². The van der Waals surface area contributed by atoms with E-state index in [1.807, 2.05) is 7.05 Å². The summed E-state index contributed by atoms with van der Waals surface area (Å²) >= 11 is 0. The van der Waals surface area contributed by atoms with Gasteiger partial charge in [0.25, 0.3) is 5.91 Å². The number of carbonyl (C=O) groups excluding carboxylic acids is 2. The number of likely N-dealkylation sites (N-methyl/N-ethyl adjacent to an activating group) is 1. The third-order valence-electron chi connectivity index (χ3n) is 6.90. The van der Waals surface area contributed by atoms with Gasteiger partial charge in [-0.2, -0.15) is 18.2 Å². The molecule has 0 saturated carbocycles. The number of rotatable bonds is 9. The fourth-order valence-corrected chi connectivity index (χ4v) is 4.60. The summed E-state index contributed by atoms with van der Waals surface area (Å²) in [6, 6.07) is 4.84. The molecule has 0 atom stereocenters. The van der Waals surface area contributed by atoms with Gasteiger partial charge in [-0.05, 0) is 44.5 Å². The number of alkyl halides is 3. The van der Waals surface area contributed by atoms with Crippen LogP contribution in [0.25, 0.3) is 0 Å². The maximum atomic E-state index is 13.6. The van der Waals surface area contributed by atoms with Gasteiger partial charge in [-0.15, -0.1) is 0 Å². The molecule has 0 aliphatic carbocycles. The van der Waals surface area contributed by atoms with E-state index in [-0.39, 0.29) is 30.1 Å². The molecule has 0 radical (unpaired) electrons. The first-order valence-corrected chi connectivity index (χ1v) is 13.0. The lowest BCUT2D eigenvalue weighted by molar-refractivity contribution is -0.137. The van der Waals surface area contributed by atoms with E-state index in [2.05, 4.69) is 25.5 Å². The smallest absolute Gasteiger partial charge is 0.421 e. The summed E-state index contributed by atoms with van der Waals surface area (Å²) in [6.07, 6.45) is -1.12. The number of amides is 2. The number of piperazine rings is 1. The van der Waals surface area contributed by atoms with Crippen molar-refractivity contribution in [3.8, 4) is 5.75 Å². The zero-order chi connectivity index (χ0) is 28.0. The second kappa shape index (κ2) is 12.5. The Morgan fingerprint density at radius 3 is 2.59 bits per heavy atom. The predicted molar refractivity (Wildman–Crippen MR) is 140 cm³/mol. The van der Waals surface area contributed by atoms with Crippen molar-refractivity contribution in [2.45, 2.75) is 31.9 Å². The van der Waals surface area contributed by atoms with Crippen molar-refractivity contribution in [2.75, 3.05) is 70.6 Å². The molecule has 1 aromatic carbocycles. The second-order valence-electron chi connectivity index (χ2n) is 9.71. The number of nitrogens with one attached hydrogen (secondary N) is 2. The number of hydrogen-bond donors (Lipinski definition) is 2. The first-order valence-electron chi connectivity index (χ1n) is 13.0. The highest BCUT2D eigenvalue weighted by molar-refractivity contribution is 5.95. The summed E-state index contributed by atoms with van der Waals surface area (Å²) in [5.74, 6) is -0.120. The minimum Gasteiger partial charge on any atom is -0.495 e. The summed E-state index contributed by atoms with van der Waals surface area (Å²) in [4.78, 5) is 38.5. The van der Waals surface area contributed by atoms with Crippen LogP contribution in [0.15, 0.2) is 24.4 Å². The molecule has 10 nitrogen and oxygen atoms in total. The van der Waals surface area contributed by atoms with Gasteiger partial charge in [0.05, 0.1) is 12.8 Å². The largest absolute Gasteiger partial charge is 0.495 e. The summed E-state index contributed by atoms with van der Waals surface area (Å²) in [5, 5.41) is 5.66. The quantitative estimate of drug-likeness (QED) is 0.459. The third-order valence-corrected chi connectivity index (χ3v) is 6.90. The van der Waals surface area contributed by atoms with Crippen LogP contribution in [0.2, 0.25) is 0 Å². The first kappa shape index (κ1) is 28.4. The standard InChI is InChI=1S/C26H34F3N7O3/c1-34-12-14-36(15-13-34)24(38)18-7-8-20(21(16-18)39-2)32-25-31-17-19(26(27,28)29)23(33-25)30-9-5-11-35-10-4-3-6-22(35)37/h7-8,16-17H,3-6,9-15H2,1-2H3,(H2,30,31,32,33). The van der Waals surface area contributed by atoms with Gasteiger partial charge in [-0.3, -0.25) is 9.59 Å². The molecule has 2 aliphatic rings. The van der Waals surface area contributed by atoms with Crippen LogP contribution in [-0.2, 0) is 11.0 Å². The summed E-state index contributed by atoms with van der Waals surface area (Å²) in [6.45, 7) is 4.19. The van der Waals surface area contributed by atoms with Crippen LogP contribution in [0.3, 0.4) is 0 Å². The molecule has 2 aromatic rings. The normalized spacial score (nSPS) is 16.8. The lowest BCUT2D eigenvalue weighted by atomic mass is 10.1. The Kier molecular flexibility index (Phi) is 9.10. The topological polar surface area (TPSA) is 103 Å². The Labute approximate surface area is 225 Å². The fourth-order valence-electron chi connectivity index (χ4n) is 4.60. The minimum absolute atomic E-state index is 0.0619. The Bertz CT molecular complexity index is 1170. The van der Waals surface area contributed by atoms with E-state index in [9.17, 15) is 22.8 Å². The average Bonchev–Trinajstić information content (AvgIpc) is 2.92. The maximum absolute atomic E-state index is 13.6. The zero-order valence-electron chi connectivity index (χ0n) is 22.2. The average molecular weight is 550 g/mol. The molecule has 4 rings (SSSR count). The number of methoxy groups -OCH3 is 1. The number of anilines is 3. The Balaban J connectivity index is 1.45. The highest BCUT2D eigenvalue weighted by Gasteiger charge is 2.35. The molecule has 2 amide bonds. The fraction of sp³-hybridized carbons (Fsp3) is 0.538. The summed E-state index contributed by atoms with van der Waals surface area (Å²) in [5.41, 5.74) is -0.131. The summed E-state index contributed by atoms with van der Waals surface area (Å²) in [7, 11) is 3.45. The van der Waals surface area contributed by atoms with Gasteiger partial charge in [0, 0.05) is 64.0 Å². The summed E-state index contributed by atoms with van der Waals surface area (Å²) < 4.78 is 46.3. The molecule has 2 saturated heterocycles. The van der Waals surface area contributed by atoms with Gasteiger partial charge < -0.3 is 30.1 Å². The number of hydrogen-bond acceptors (Lipinski definition) is 8. The number of benzene rings is 1. The number of piperidine rings is 1. The number of halogens is 3. The van der Waals surface area contributed by atoms with E-state index in [0.29, 0.717) is 56.0 Å². The van der Waals surface area contributed by atoms with E-state index >= 15 is 0 Å². The highest BCUT2D eigenvalue weighted by Crippen LogP contribution is 2.35. The number of likely N-dealkylation sites (tertiary alicyclic amines) is 1. The minimum atomic E-state index is -4.65. The van der Waals surface area contributed by atoms with E-state index < -0.39 is 11.7 Å². The third kappa shape index (κ3) is 7.28. The predicted octanol–water partition coefficient (Wildman–Crippen LogP) is 3.45. The second-order valence-corrected chi connectivity index (χ2v) is 9.71. The first-order chi connectivity index (χ1) is 18.7. The van der Waals surface area contributed by atoms with Gasteiger partial charge in [-0.1, -0.05) is 0 Å². The molecule has 2 fully saturated rings. The number of nitrogens with zero attached hydrogens (tertiary/aromatic N) is 5. The molecule has 1 aromatic heterocycles. The van der Waals surface area contributed by atoms with Crippen LogP contribution in [0.5, 0.6) is 5.75 Å². The van der Waals surface area contributed by atoms with E-state index in [1.54, 1.807) is 28.0 Å². The molecule has 0 spiro atoms. The van der Waals surface area contributed by atoms with Gasteiger partial charge >= 0.3 is 6.18 Å². The van der Waals surface area contributed by atoms with Gasteiger partial charge in [0.15, 0.2) is 0 Å². The van der Waals surface area contributed by atoms with Crippen molar-refractivity contribution >= 4 is 29.3 Å². The van der Waals surface area contributed by atoms with Crippen molar-refractivity contribution in [1.82, 2.24) is 24.7 Å². The van der Waals surface area contributed by atoms with Crippen LogP contribution >= 0.6 is 0 Å². The molecular formula is C26H34F3N7O3. The number of ether oxygens (including phenoxy) is 1. The van der Waals surface area contributed by atoms with E-state index in [4.69, 9.17) is 4.74 Å². The van der Waals surface area contributed by atoms with E-state index in [1.165, 1.54) is 7.11 Å². The van der Waals surface area contributed by atoms with Crippen LogP contribution < -0.4 is 15.4 Å². The van der Waals surface area contributed by atoms with Crippen molar-refractivity contribution in [3.05, 3.63) is 35.5 Å². The lowest BCUT2D eigenvalue weighted by Crippen LogP contribution is -2.47. The molecule has 39 heavy (non-hydrogen) atoms. The Morgan fingerprint density at radius 1 is 1.13 bits per heavy atom. The molecule has 212 valence electrons. The SMILES string of the molecule is COc1cc(C(=O)N2CCN(C)CC2)ccc1Nc1ncc(C(F)(F)F)c(NCCCN2CCCCC2=O)n1. The van der Waals surface area contributed by atoms with Crippen molar-refractivity contribution in [1.29, 1.82) is 0 Å². The van der Waals surface area contributed by atoms with Crippen LogP contribution in [0, 0.1) is 0 Å². The Morgan fingerprint density at radius 2 is 1.90 bits per heavy atom. The van der Waals surface area contributed by atoms with Crippen molar-refractivity contribution < 1.29 is 27.5 Å².